The minimum Gasteiger partial charge on any atom is -0.310 e. The lowest BCUT2D eigenvalue weighted by Crippen LogP contribution is -2.35. The fourth-order valence-corrected chi connectivity index (χ4v) is 2.74. The van der Waals surface area contributed by atoms with E-state index >= 15 is 0 Å². The third-order valence-corrected chi connectivity index (χ3v) is 4.15. The first-order valence-electron chi connectivity index (χ1n) is 7.23. The quantitative estimate of drug-likeness (QED) is 0.664. The second kappa shape index (κ2) is 6.81. The summed E-state index contributed by atoms with van der Waals surface area (Å²) in [4.78, 5) is 13.1. The number of nitrogens with zero attached hydrogens (tertiary/aromatic N) is 2. The van der Waals surface area contributed by atoms with E-state index in [0.29, 0.717) is 5.92 Å². The van der Waals surface area contributed by atoms with Gasteiger partial charge in [0, 0.05) is 17.7 Å². The molecular weight excluding hydrogens is 254 g/mol. The number of rotatable bonds is 5. The SMILES string of the molecule is CC(NCC1CCN(C)CC1)c1ccccc1[N+](=O)[O-]. The summed E-state index contributed by atoms with van der Waals surface area (Å²) >= 11 is 0. The smallest absolute Gasteiger partial charge is 0.274 e. The fraction of sp³-hybridized carbons (Fsp3) is 0.600. The Labute approximate surface area is 120 Å². The normalized spacial score (nSPS) is 18.9. The minimum atomic E-state index is -0.302. The number of nitrogens with one attached hydrogen (secondary N) is 1. The highest BCUT2D eigenvalue weighted by Crippen LogP contribution is 2.25. The van der Waals surface area contributed by atoms with Crippen LogP contribution in [0.5, 0.6) is 0 Å². The molecule has 1 saturated heterocycles. The number of hydrogen-bond donors (Lipinski definition) is 1. The molecule has 110 valence electrons. The molecule has 5 heteroatoms. The Kier molecular flexibility index (Phi) is 5.09. The zero-order valence-corrected chi connectivity index (χ0v) is 12.2. The van der Waals surface area contributed by atoms with Crippen LogP contribution >= 0.6 is 0 Å². The number of likely N-dealkylation sites (tertiary alicyclic amines) is 1. The van der Waals surface area contributed by atoms with Crippen molar-refractivity contribution in [2.45, 2.75) is 25.8 Å². The first kappa shape index (κ1) is 14.9. The zero-order chi connectivity index (χ0) is 14.5. The second-order valence-corrected chi connectivity index (χ2v) is 5.69. The van der Waals surface area contributed by atoms with Crippen molar-refractivity contribution in [2.75, 3.05) is 26.7 Å². The van der Waals surface area contributed by atoms with E-state index in [1.54, 1.807) is 12.1 Å². The third-order valence-electron chi connectivity index (χ3n) is 4.15. The molecule has 2 rings (SSSR count). The molecule has 0 radical (unpaired) electrons. The molecule has 1 aromatic rings. The molecule has 1 fully saturated rings. The maximum absolute atomic E-state index is 11.0. The summed E-state index contributed by atoms with van der Waals surface area (Å²) in [6, 6.07) is 6.99. The monoisotopic (exact) mass is 277 g/mol. The van der Waals surface area contributed by atoms with Gasteiger partial charge in [-0.3, -0.25) is 10.1 Å². The molecule has 0 aliphatic carbocycles. The molecule has 0 bridgehead atoms. The highest BCUT2D eigenvalue weighted by atomic mass is 16.6. The molecule has 1 heterocycles. The van der Waals surface area contributed by atoms with Crippen LogP contribution in [0.3, 0.4) is 0 Å². The summed E-state index contributed by atoms with van der Waals surface area (Å²) in [5, 5.41) is 14.5. The standard InChI is InChI=1S/C15H23N3O2/c1-12(14-5-3-4-6-15(14)18(19)20)16-11-13-7-9-17(2)10-8-13/h3-6,12-13,16H,7-11H2,1-2H3. The fourth-order valence-electron chi connectivity index (χ4n) is 2.74. The Morgan fingerprint density at radius 2 is 2.05 bits per heavy atom. The van der Waals surface area contributed by atoms with Gasteiger partial charge < -0.3 is 10.2 Å². The van der Waals surface area contributed by atoms with Crippen LogP contribution < -0.4 is 5.32 Å². The van der Waals surface area contributed by atoms with Crippen molar-refractivity contribution in [3.8, 4) is 0 Å². The predicted molar refractivity (Wildman–Crippen MR) is 79.7 cm³/mol. The Morgan fingerprint density at radius 1 is 1.40 bits per heavy atom. The molecule has 0 amide bonds. The van der Waals surface area contributed by atoms with Crippen molar-refractivity contribution in [1.29, 1.82) is 0 Å². The van der Waals surface area contributed by atoms with Gasteiger partial charge in [-0.1, -0.05) is 18.2 Å². The summed E-state index contributed by atoms with van der Waals surface area (Å²) < 4.78 is 0. The molecule has 1 aliphatic heterocycles. The lowest BCUT2D eigenvalue weighted by atomic mass is 9.96. The van der Waals surface area contributed by atoms with Crippen LogP contribution in [0.1, 0.15) is 31.4 Å². The van der Waals surface area contributed by atoms with Crippen molar-refractivity contribution in [3.05, 3.63) is 39.9 Å². The number of hydrogen-bond acceptors (Lipinski definition) is 4. The van der Waals surface area contributed by atoms with E-state index < -0.39 is 0 Å². The third kappa shape index (κ3) is 3.77. The van der Waals surface area contributed by atoms with Crippen molar-refractivity contribution >= 4 is 5.69 Å². The molecule has 1 N–H and O–H groups in total. The van der Waals surface area contributed by atoms with E-state index in [1.807, 2.05) is 19.1 Å². The maximum Gasteiger partial charge on any atom is 0.274 e. The number of para-hydroxylation sites is 1. The van der Waals surface area contributed by atoms with E-state index in [4.69, 9.17) is 0 Å². The molecule has 1 aliphatic rings. The summed E-state index contributed by atoms with van der Waals surface area (Å²) in [6.07, 6.45) is 2.40. The summed E-state index contributed by atoms with van der Waals surface area (Å²) in [5.74, 6) is 0.677. The van der Waals surface area contributed by atoms with Gasteiger partial charge in [0.15, 0.2) is 0 Å². The summed E-state index contributed by atoms with van der Waals surface area (Å²) in [6.45, 7) is 5.22. The van der Waals surface area contributed by atoms with Gasteiger partial charge in [-0.2, -0.15) is 0 Å². The Morgan fingerprint density at radius 3 is 2.70 bits per heavy atom. The molecule has 1 aromatic carbocycles. The van der Waals surface area contributed by atoms with Crippen LogP contribution in [-0.4, -0.2) is 36.5 Å². The average molecular weight is 277 g/mol. The number of piperidine rings is 1. The molecule has 1 unspecified atom stereocenters. The lowest BCUT2D eigenvalue weighted by Gasteiger charge is -2.30. The highest BCUT2D eigenvalue weighted by Gasteiger charge is 2.20. The van der Waals surface area contributed by atoms with Gasteiger partial charge in [-0.25, -0.2) is 0 Å². The first-order chi connectivity index (χ1) is 9.58. The van der Waals surface area contributed by atoms with E-state index in [0.717, 1.165) is 25.2 Å². The summed E-state index contributed by atoms with van der Waals surface area (Å²) in [7, 11) is 2.15. The molecule has 0 spiro atoms. The molecule has 20 heavy (non-hydrogen) atoms. The van der Waals surface area contributed by atoms with Crippen molar-refractivity contribution in [3.63, 3.8) is 0 Å². The van der Waals surface area contributed by atoms with E-state index in [-0.39, 0.29) is 16.7 Å². The topological polar surface area (TPSA) is 58.4 Å². The van der Waals surface area contributed by atoms with Crippen molar-refractivity contribution < 1.29 is 4.92 Å². The first-order valence-corrected chi connectivity index (χ1v) is 7.23. The minimum absolute atomic E-state index is 0.0104. The molecule has 0 aromatic heterocycles. The van der Waals surface area contributed by atoms with Gasteiger partial charge in [0.05, 0.1) is 4.92 Å². The van der Waals surface area contributed by atoms with E-state index in [9.17, 15) is 10.1 Å². The Bertz CT molecular complexity index is 456. The summed E-state index contributed by atoms with van der Waals surface area (Å²) in [5.41, 5.74) is 0.973. The lowest BCUT2D eigenvalue weighted by molar-refractivity contribution is -0.385. The van der Waals surface area contributed by atoms with Crippen LogP contribution in [0, 0.1) is 16.0 Å². The van der Waals surface area contributed by atoms with Gasteiger partial charge in [0.25, 0.3) is 5.69 Å². The largest absolute Gasteiger partial charge is 0.310 e. The molecule has 0 saturated carbocycles. The van der Waals surface area contributed by atoms with Crippen LogP contribution in [0.2, 0.25) is 0 Å². The molecule has 1 atom stereocenters. The van der Waals surface area contributed by atoms with Crippen molar-refractivity contribution in [2.24, 2.45) is 5.92 Å². The zero-order valence-electron chi connectivity index (χ0n) is 12.2. The van der Waals surface area contributed by atoms with Crippen LogP contribution in [0.15, 0.2) is 24.3 Å². The van der Waals surface area contributed by atoms with Gasteiger partial charge in [-0.15, -0.1) is 0 Å². The predicted octanol–water partition coefficient (Wildman–Crippen LogP) is 2.59. The molecule has 5 nitrogen and oxygen atoms in total. The Balaban J connectivity index is 1.92. The maximum atomic E-state index is 11.0. The number of benzene rings is 1. The van der Waals surface area contributed by atoms with Crippen LogP contribution in [0.25, 0.3) is 0 Å². The number of nitro groups is 1. The molecular formula is C15H23N3O2. The van der Waals surface area contributed by atoms with Gasteiger partial charge in [-0.05, 0) is 52.4 Å². The Hall–Kier alpha value is -1.46. The van der Waals surface area contributed by atoms with E-state index in [1.165, 1.54) is 12.8 Å². The van der Waals surface area contributed by atoms with Gasteiger partial charge in [0.1, 0.15) is 0 Å². The highest BCUT2D eigenvalue weighted by molar-refractivity contribution is 5.41. The van der Waals surface area contributed by atoms with E-state index in [2.05, 4.69) is 17.3 Å². The number of nitro benzene ring substituents is 1. The average Bonchev–Trinajstić information content (AvgIpc) is 2.46. The van der Waals surface area contributed by atoms with Crippen LogP contribution in [0.4, 0.5) is 5.69 Å². The second-order valence-electron chi connectivity index (χ2n) is 5.69. The van der Waals surface area contributed by atoms with Gasteiger partial charge in [0.2, 0.25) is 0 Å². The van der Waals surface area contributed by atoms with Crippen molar-refractivity contribution in [1.82, 2.24) is 10.2 Å². The van der Waals surface area contributed by atoms with Crippen LogP contribution in [-0.2, 0) is 0 Å². The van der Waals surface area contributed by atoms with Gasteiger partial charge >= 0.3 is 0 Å².